The quantitative estimate of drug-likeness (QED) is 0.818. The Morgan fingerprint density at radius 2 is 1.94 bits per heavy atom. The molecule has 7 nitrogen and oxygen atoms in total. The minimum atomic E-state index is -0.915. The highest BCUT2D eigenvalue weighted by Gasteiger charge is 2.35. The molecule has 7 heteroatoms. The van der Waals surface area contributed by atoms with Crippen molar-refractivity contribution in [3.05, 3.63) is 12.4 Å². The molecule has 0 bridgehead atoms. The van der Waals surface area contributed by atoms with Gasteiger partial charge in [0.05, 0.1) is 24.2 Å². The third-order valence-electron chi connectivity index (χ3n) is 3.14. The van der Waals surface area contributed by atoms with Crippen LogP contribution in [0.1, 0.15) is 25.7 Å². The van der Waals surface area contributed by atoms with Crippen molar-refractivity contribution in [1.82, 2.24) is 15.2 Å². The second-order valence-electron chi connectivity index (χ2n) is 4.29. The molecule has 0 radical (unpaired) electrons. The van der Waals surface area contributed by atoms with E-state index in [0.717, 1.165) is 12.8 Å². The van der Waals surface area contributed by atoms with Crippen LogP contribution in [-0.4, -0.2) is 32.2 Å². The zero-order valence-electron chi connectivity index (χ0n) is 9.74. The number of hydrogen-bond acceptors (Lipinski definition) is 5. The van der Waals surface area contributed by atoms with Crippen LogP contribution in [-0.2, 0) is 9.59 Å². The number of hydrogen-bond donors (Lipinski definition) is 2. The van der Waals surface area contributed by atoms with Gasteiger partial charge in [-0.15, -0.1) is 5.10 Å². The molecule has 1 saturated carbocycles. The molecule has 1 heterocycles. The fraction of sp³-hybridized carbons (Fsp3) is 0.545. The Labute approximate surface area is 104 Å². The smallest absolute Gasteiger partial charge is 0.307 e. The predicted octanol–water partition coefficient (Wildman–Crippen LogP) is 0.701. The maximum Gasteiger partial charge on any atom is 0.307 e. The topological polar surface area (TPSA) is 105 Å². The number of carbonyl (C=O) groups is 2. The van der Waals surface area contributed by atoms with E-state index in [0.29, 0.717) is 12.8 Å². The summed E-state index contributed by atoms with van der Waals surface area (Å²) < 4.78 is 0. The van der Waals surface area contributed by atoms with Gasteiger partial charge in [-0.05, 0) is 12.8 Å². The SMILES string of the molecule is O=C(O)C1CCCCC1C(=O)Nc1nccnn1. The summed E-state index contributed by atoms with van der Waals surface area (Å²) in [5.41, 5.74) is 0. The van der Waals surface area contributed by atoms with E-state index in [-0.39, 0.29) is 11.9 Å². The molecule has 1 aliphatic rings. The molecule has 2 unspecified atom stereocenters. The number of amides is 1. The molecule has 18 heavy (non-hydrogen) atoms. The third-order valence-corrected chi connectivity index (χ3v) is 3.14. The number of carboxylic acid groups (broad SMARTS) is 1. The van der Waals surface area contributed by atoms with E-state index in [1.807, 2.05) is 0 Å². The Balaban J connectivity index is 2.05. The molecule has 1 aliphatic carbocycles. The minimum absolute atomic E-state index is 0.109. The van der Waals surface area contributed by atoms with Crippen LogP contribution in [0.15, 0.2) is 12.4 Å². The number of rotatable bonds is 3. The molecule has 1 aromatic heterocycles. The zero-order chi connectivity index (χ0) is 13.0. The highest BCUT2D eigenvalue weighted by atomic mass is 16.4. The number of carboxylic acids is 1. The number of aliphatic carboxylic acids is 1. The van der Waals surface area contributed by atoms with Crippen molar-refractivity contribution in [1.29, 1.82) is 0 Å². The molecular weight excluding hydrogens is 236 g/mol. The van der Waals surface area contributed by atoms with Gasteiger partial charge in [0.2, 0.25) is 11.9 Å². The van der Waals surface area contributed by atoms with Crippen molar-refractivity contribution in [3.8, 4) is 0 Å². The Kier molecular flexibility index (Phi) is 3.81. The summed E-state index contributed by atoms with van der Waals surface area (Å²) in [6.45, 7) is 0. The Morgan fingerprint density at radius 3 is 2.56 bits per heavy atom. The largest absolute Gasteiger partial charge is 0.481 e. The first-order valence-corrected chi connectivity index (χ1v) is 5.86. The van der Waals surface area contributed by atoms with Gasteiger partial charge >= 0.3 is 5.97 Å². The van der Waals surface area contributed by atoms with Crippen molar-refractivity contribution >= 4 is 17.8 Å². The molecule has 1 amide bonds. The van der Waals surface area contributed by atoms with Gasteiger partial charge < -0.3 is 5.11 Å². The van der Waals surface area contributed by atoms with E-state index in [9.17, 15) is 9.59 Å². The van der Waals surface area contributed by atoms with Crippen molar-refractivity contribution < 1.29 is 14.7 Å². The molecule has 0 aromatic carbocycles. The lowest BCUT2D eigenvalue weighted by atomic mass is 9.79. The molecule has 96 valence electrons. The van der Waals surface area contributed by atoms with Gasteiger partial charge in [0, 0.05) is 0 Å². The second kappa shape index (κ2) is 5.52. The van der Waals surface area contributed by atoms with Crippen LogP contribution in [0.4, 0.5) is 5.95 Å². The van der Waals surface area contributed by atoms with Crippen molar-refractivity contribution in [2.45, 2.75) is 25.7 Å². The third kappa shape index (κ3) is 2.79. The molecule has 2 atom stereocenters. The van der Waals surface area contributed by atoms with E-state index in [4.69, 9.17) is 5.11 Å². The lowest BCUT2D eigenvalue weighted by Gasteiger charge is -2.26. The van der Waals surface area contributed by atoms with Crippen LogP contribution in [0.2, 0.25) is 0 Å². The fourth-order valence-electron chi connectivity index (χ4n) is 2.25. The average Bonchev–Trinajstić information content (AvgIpc) is 2.40. The normalized spacial score (nSPS) is 23.3. The molecule has 0 spiro atoms. The maximum atomic E-state index is 12.0. The van der Waals surface area contributed by atoms with Crippen LogP contribution in [0, 0.1) is 11.8 Å². The standard InChI is InChI=1S/C11H14N4O3/c16-9(14-11-12-5-6-13-15-11)7-3-1-2-4-8(7)10(17)18/h5-8H,1-4H2,(H,17,18)(H,12,14,15,16). The van der Waals surface area contributed by atoms with Crippen molar-refractivity contribution in [2.75, 3.05) is 5.32 Å². The van der Waals surface area contributed by atoms with E-state index in [1.165, 1.54) is 12.4 Å². The zero-order valence-corrected chi connectivity index (χ0v) is 9.74. The van der Waals surface area contributed by atoms with Gasteiger partial charge in [0.1, 0.15) is 0 Å². The summed E-state index contributed by atoms with van der Waals surface area (Å²) in [5, 5.41) is 18.8. The monoisotopic (exact) mass is 250 g/mol. The molecule has 1 fully saturated rings. The van der Waals surface area contributed by atoms with Gasteiger partial charge in [-0.3, -0.25) is 14.9 Å². The first-order chi connectivity index (χ1) is 8.68. The van der Waals surface area contributed by atoms with Gasteiger partial charge in [-0.1, -0.05) is 12.8 Å². The number of anilines is 1. The van der Waals surface area contributed by atoms with Crippen LogP contribution in [0.5, 0.6) is 0 Å². The van der Waals surface area contributed by atoms with E-state index in [1.54, 1.807) is 0 Å². The van der Waals surface area contributed by atoms with Crippen molar-refractivity contribution in [3.63, 3.8) is 0 Å². The van der Waals surface area contributed by atoms with E-state index >= 15 is 0 Å². The van der Waals surface area contributed by atoms with Gasteiger partial charge in [-0.25, -0.2) is 4.98 Å². The first-order valence-electron chi connectivity index (χ1n) is 5.86. The lowest BCUT2D eigenvalue weighted by molar-refractivity contribution is -0.147. The summed E-state index contributed by atoms with van der Waals surface area (Å²) in [5.74, 6) is -2.27. The molecule has 2 rings (SSSR count). The second-order valence-corrected chi connectivity index (χ2v) is 4.29. The van der Waals surface area contributed by atoms with Crippen LogP contribution in [0.3, 0.4) is 0 Å². The molecule has 1 aromatic rings. The Bertz CT molecular complexity index is 437. The van der Waals surface area contributed by atoms with E-state index in [2.05, 4.69) is 20.5 Å². The first kappa shape index (κ1) is 12.4. The number of carbonyl (C=O) groups excluding carboxylic acids is 1. The van der Waals surface area contributed by atoms with Crippen LogP contribution < -0.4 is 5.32 Å². The summed E-state index contributed by atoms with van der Waals surface area (Å²) in [4.78, 5) is 26.9. The van der Waals surface area contributed by atoms with Crippen LogP contribution in [0.25, 0.3) is 0 Å². The molecule has 2 N–H and O–H groups in total. The summed E-state index contributed by atoms with van der Waals surface area (Å²) >= 11 is 0. The lowest BCUT2D eigenvalue weighted by Crippen LogP contribution is -2.36. The highest BCUT2D eigenvalue weighted by Crippen LogP contribution is 2.30. The minimum Gasteiger partial charge on any atom is -0.481 e. The van der Waals surface area contributed by atoms with Gasteiger partial charge in [0.25, 0.3) is 0 Å². The Hall–Kier alpha value is -2.05. The van der Waals surface area contributed by atoms with Gasteiger partial charge in [-0.2, -0.15) is 5.10 Å². The molecule has 0 aliphatic heterocycles. The fourth-order valence-corrected chi connectivity index (χ4v) is 2.25. The van der Waals surface area contributed by atoms with E-state index < -0.39 is 17.8 Å². The Morgan fingerprint density at radius 1 is 1.22 bits per heavy atom. The number of aromatic nitrogens is 3. The summed E-state index contributed by atoms with van der Waals surface area (Å²) in [7, 11) is 0. The van der Waals surface area contributed by atoms with Crippen LogP contribution >= 0.6 is 0 Å². The average molecular weight is 250 g/mol. The molecular formula is C11H14N4O3. The summed E-state index contributed by atoms with van der Waals surface area (Å²) in [6.07, 6.45) is 5.67. The maximum absolute atomic E-state index is 12.0. The number of nitrogens with one attached hydrogen (secondary N) is 1. The number of nitrogens with zero attached hydrogens (tertiary/aromatic N) is 3. The summed E-state index contributed by atoms with van der Waals surface area (Å²) in [6, 6.07) is 0. The molecule has 0 saturated heterocycles. The van der Waals surface area contributed by atoms with Gasteiger partial charge in [0.15, 0.2) is 0 Å². The highest BCUT2D eigenvalue weighted by molar-refractivity contribution is 5.93. The predicted molar refractivity (Wildman–Crippen MR) is 61.5 cm³/mol. The van der Waals surface area contributed by atoms with Crippen molar-refractivity contribution in [2.24, 2.45) is 11.8 Å².